The van der Waals surface area contributed by atoms with E-state index in [9.17, 15) is 19.8 Å². The predicted octanol–water partition coefficient (Wildman–Crippen LogP) is 13.2. The number of amides is 1. The number of unbranched alkanes of at least 4 members (excludes halogenated alkanes) is 25. The van der Waals surface area contributed by atoms with Crippen LogP contribution in [-0.2, 0) is 14.3 Å². The second-order valence-electron chi connectivity index (χ2n) is 15.8. The first-order chi connectivity index (χ1) is 26.0. The molecule has 3 atom stereocenters. The Morgan fingerprint density at radius 1 is 0.528 bits per heavy atom. The van der Waals surface area contributed by atoms with E-state index in [1.54, 1.807) is 0 Å². The van der Waals surface area contributed by atoms with Crippen molar-refractivity contribution in [1.82, 2.24) is 5.32 Å². The molecule has 0 saturated heterocycles. The molecule has 3 N–H and O–H groups in total. The molecule has 0 heterocycles. The minimum atomic E-state index is -0.790. The number of rotatable bonds is 41. The van der Waals surface area contributed by atoms with Crippen molar-refractivity contribution in [3.05, 3.63) is 24.3 Å². The molecular formula is C47H89NO5. The number of aliphatic hydroxyl groups is 2. The lowest BCUT2D eigenvalue weighted by atomic mass is 10.0. The van der Waals surface area contributed by atoms with Crippen LogP contribution in [0.15, 0.2) is 24.3 Å². The number of carbonyl (C=O) groups excluding carboxylic acids is 2. The van der Waals surface area contributed by atoms with E-state index in [1.807, 2.05) is 0 Å². The van der Waals surface area contributed by atoms with Crippen LogP contribution in [0.5, 0.6) is 0 Å². The van der Waals surface area contributed by atoms with Crippen LogP contribution in [0, 0.1) is 0 Å². The summed E-state index contributed by atoms with van der Waals surface area (Å²) in [5.74, 6) is -0.509. The van der Waals surface area contributed by atoms with Crippen molar-refractivity contribution in [2.45, 2.75) is 257 Å². The van der Waals surface area contributed by atoms with E-state index in [2.05, 4.69) is 50.4 Å². The summed E-state index contributed by atoms with van der Waals surface area (Å²) in [6.07, 6.45) is 45.2. The van der Waals surface area contributed by atoms with Crippen LogP contribution >= 0.6 is 0 Å². The van der Waals surface area contributed by atoms with Gasteiger partial charge in [-0.3, -0.25) is 9.59 Å². The summed E-state index contributed by atoms with van der Waals surface area (Å²) >= 11 is 0. The van der Waals surface area contributed by atoms with E-state index < -0.39 is 18.2 Å². The molecule has 0 saturated carbocycles. The largest absolute Gasteiger partial charge is 0.462 e. The zero-order valence-corrected chi connectivity index (χ0v) is 35.4. The van der Waals surface area contributed by atoms with Crippen molar-refractivity contribution in [3.8, 4) is 0 Å². The molecule has 0 aromatic rings. The Kier molecular flexibility index (Phi) is 40.2. The standard InChI is InChI=1S/C47H89NO5/c1-4-7-10-13-16-19-22-24-26-29-32-35-38-43(53-47(52)40-37-34-31-28-25-23-20-17-14-11-8-5-2)41-46(51)48-44(42-49)45(50)39-36-33-30-27-21-18-15-12-9-6-3/h17,20,26,29,43-45,49-50H,4-16,18-19,21-25,27-28,30-42H2,1-3H3,(H,48,51)/b20-17-,29-26-. The number of hydrogen-bond acceptors (Lipinski definition) is 5. The minimum Gasteiger partial charge on any atom is -0.462 e. The second-order valence-corrected chi connectivity index (χ2v) is 15.8. The molecule has 3 unspecified atom stereocenters. The van der Waals surface area contributed by atoms with Crippen molar-refractivity contribution >= 4 is 11.9 Å². The highest BCUT2D eigenvalue weighted by molar-refractivity contribution is 5.77. The average Bonchev–Trinajstić information content (AvgIpc) is 3.15. The lowest BCUT2D eigenvalue weighted by Gasteiger charge is -2.24. The molecule has 0 bridgehead atoms. The Hall–Kier alpha value is -1.66. The summed E-state index contributed by atoms with van der Waals surface area (Å²) in [6, 6.07) is -0.705. The second kappa shape index (κ2) is 41.5. The maximum atomic E-state index is 13.1. The minimum absolute atomic E-state index is 0.0565. The van der Waals surface area contributed by atoms with Crippen molar-refractivity contribution in [2.24, 2.45) is 0 Å². The van der Waals surface area contributed by atoms with Gasteiger partial charge in [0, 0.05) is 6.42 Å². The number of nitrogens with one attached hydrogen (secondary N) is 1. The Bertz CT molecular complexity index is 843. The summed E-state index contributed by atoms with van der Waals surface area (Å²) in [5.41, 5.74) is 0. The molecule has 6 nitrogen and oxygen atoms in total. The van der Waals surface area contributed by atoms with E-state index in [0.29, 0.717) is 19.3 Å². The molecule has 0 aliphatic rings. The fourth-order valence-corrected chi connectivity index (χ4v) is 6.95. The van der Waals surface area contributed by atoms with Crippen LogP contribution in [0.25, 0.3) is 0 Å². The van der Waals surface area contributed by atoms with Crippen LogP contribution in [0.2, 0.25) is 0 Å². The van der Waals surface area contributed by atoms with Gasteiger partial charge in [-0.25, -0.2) is 0 Å². The molecule has 0 aliphatic carbocycles. The maximum absolute atomic E-state index is 13.1. The molecular weight excluding hydrogens is 659 g/mol. The zero-order chi connectivity index (χ0) is 38.9. The summed E-state index contributed by atoms with van der Waals surface area (Å²) in [6.45, 7) is 6.42. The lowest BCUT2D eigenvalue weighted by Crippen LogP contribution is -2.46. The maximum Gasteiger partial charge on any atom is 0.306 e. The van der Waals surface area contributed by atoms with Gasteiger partial charge in [-0.2, -0.15) is 0 Å². The normalized spacial score (nSPS) is 13.5. The summed E-state index contributed by atoms with van der Waals surface area (Å²) in [5, 5.41) is 23.6. The van der Waals surface area contributed by atoms with Crippen LogP contribution in [-0.4, -0.2) is 46.9 Å². The first-order valence-corrected chi connectivity index (χ1v) is 23.1. The third kappa shape index (κ3) is 37.1. The summed E-state index contributed by atoms with van der Waals surface area (Å²) < 4.78 is 5.88. The van der Waals surface area contributed by atoms with E-state index in [4.69, 9.17) is 4.74 Å². The topological polar surface area (TPSA) is 95.9 Å². The van der Waals surface area contributed by atoms with Gasteiger partial charge in [0.15, 0.2) is 0 Å². The lowest BCUT2D eigenvalue weighted by molar-refractivity contribution is -0.151. The van der Waals surface area contributed by atoms with Gasteiger partial charge in [-0.1, -0.05) is 180 Å². The first-order valence-electron chi connectivity index (χ1n) is 23.1. The number of hydrogen-bond donors (Lipinski definition) is 3. The fraction of sp³-hybridized carbons (Fsp3) is 0.872. The van der Waals surface area contributed by atoms with E-state index in [-0.39, 0.29) is 24.9 Å². The smallest absolute Gasteiger partial charge is 0.306 e. The fourth-order valence-electron chi connectivity index (χ4n) is 6.95. The zero-order valence-electron chi connectivity index (χ0n) is 35.4. The van der Waals surface area contributed by atoms with Gasteiger partial charge < -0.3 is 20.3 Å². The van der Waals surface area contributed by atoms with Gasteiger partial charge in [0.25, 0.3) is 0 Å². The summed E-state index contributed by atoms with van der Waals surface area (Å²) in [7, 11) is 0. The van der Waals surface area contributed by atoms with E-state index >= 15 is 0 Å². The number of aliphatic hydroxyl groups excluding tert-OH is 2. The summed E-state index contributed by atoms with van der Waals surface area (Å²) in [4.78, 5) is 25.9. The third-order valence-electron chi connectivity index (χ3n) is 10.5. The number of carbonyl (C=O) groups is 2. The monoisotopic (exact) mass is 748 g/mol. The molecule has 0 aromatic carbocycles. The van der Waals surface area contributed by atoms with Crippen molar-refractivity contribution in [2.75, 3.05) is 6.61 Å². The Morgan fingerprint density at radius 2 is 0.925 bits per heavy atom. The molecule has 0 aromatic heterocycles. The highest BCUT2D eigenvalue weighted by atomic mass is 16.5. The van der Waals surface area contributed by atoms with E-state index in [1.165, 1.54) is 128 Å². The molecule has 1 amide bonds. The van der Waals surface area contributed by atoms with Crippen molar-refractivity contribution in [3.63, 3.8) is 0 Å². The van der Waals surface area contributed by atoms with Crippen LogP contribution < -0.4 is 5.32 Å². The average molecular weight is 748 g/mol. The van der Waals surface area contributed by atoms with Crippen LogP contribution in [0.4, 0.5) is 0 Å². The molecule has 6 heteroatoms. The molecule has 53 heavy (non-hydrogen) atoms. The Balaban J connectivity index is 4.63. The van der Waals surface area contributed by atoms with Gasteiger partial charge in [-0.15, -0.1) is 0 Å². The Morgan fingerprint density at radius 3 is 1.42 bits per heavy atom. The van der Waals surface area contributed by atoms with Crippen LogP contribution in [0.1, 0.15) is 239 Å². The molecule has 0 spiro atoms. The molecule has 0 aliphatic heterocycles. The highest BCUT2D eigenvalue weighted by Crippen LogP contribution is 2.17. The van der Waals surface area contributed by atoms with Gasteiger partial charge in [0.1, 0.15) is 6.10 Å². The van der Waals surface area contributed by atoms with Gasteiger partial charge in [0.2, 0.25) is 5.91 Å². The van der Waals surface area contributed by atoms with Gasteiger partial charge >= 0.3 is 5.97 Å². The molecule has 0 radical (unpaired) electrons. The Labute approximate surface area is 329 Å². The molecule has 0 fully saturated rings. The number of allylic oxidation sites excluding steroid dienone is 4. The third-order valence-corrected chi connectivity index (χ3v) is 10.5. The van der Waals surface area contributed by atoms with Gasteiger partial charge in [0.05, 0.1) is 25.2 Å². The molecule has 0 rings (SSSR count). The quantitative estimate of drug-likeness (QED) is 0.0329. The first kappa shape index (κ1) is 51.3. The van der Waals surface area contributed by atoms with Crippen LogP contribution in [0.3, 0.4) is 0 Å². The number of ether oxygens (including phenoxy) is 1. The van der Waals surface area contributed by atoms with Crippen molar-refractivity contribution < 1.29 is 24.5 Å². The van der Waals surface area contributed by atoms with E-state index in [0.717, 1.165) is 64.2 Å². The SMILES string of the molecule is CCCCC/C=C\CCCCCCCC(=O)OC(CCC/C=C\CCCCCCCCC)CC(=O)NC(CO)C(O)CCCCCCCCCCCC. The number of esters is 1. The van der Waals surface area contributed by atoms with Gasteiger partial charge in [-0.05, 0) is 70.6 Å². The predicted molar refractivity (Wildman–Crippen MR) is 227 cm³/mol. The highest BCUT2D eigenvalue weighted by Gasteiger charge is 2.24. The molecule has 312 valence electrons. The van der Waals surface area contributed by atoms with Crippen molar-refractivity contribution in [1.29, 1.82) is 0 Å².